The Morgan fingerprint density at radius 1 is 0.960 bits per heavy atom. The Balaban J connectivity index is 2.20. The maximum Gasteiger partial charge on any atom is 0.297 e. The van der Waals surface area contributed by atoms with E-state index in [4.69, 9.17) is 4.18 Å². The van der Waals surface area contributed by atoms with E-state index in [0.717, 1.165) is 41.3 Å². The first-order valence-corrected chi connectivity index (χ1v) is 11.1. The number of rotatable bonds is 9. The van der Waals surface area contributed by atoms with Gasteiger partial charge >= 0.3 is 0 Å². The standard InChI is InChI=1S/C20H25BrO3S/c1-16-10-12-19(13-11-16)25(22,23)24-20(9-4-3-5-14-21)18-8-6-7-17(2)15-18/h6-8,10-13,15,20H,3-5,9,14H2,1-2H3. The van der Waals surface area contributed by atoms with Gasteiger partial charge in [0.25, 0.3) is 10.1 Å². The molecule has 0 aliphatic carbocycles. The third-order valence-corrected chi connectivity index (χ3v) is 5.96. The first-order chi connectivity index (χ1) is 11.9. The molecule has 0 aromatic heterocycles. The molecule has 0 radical (unpaired) electrons. The smallest absolute Gasteiger partial charge is 0.258 e. The molecular formula is C20H25BrO3S. The molecule has 0 fully saturated rings. The Morgan fingerprint density at radius 3 is 2.32 bits per heavy atom. The lowest BCUT2D eigenvalue weighted by Crippen LogP contribution is -2.13. The largest absolute Gasteiger partial charge is 0.297 e. The van der Waals surface area contributed by atoms with Gasteiger partial charge in [-0.1, -0.05) is 76.3 Å². The molecule has 0 heterocycles. The molecule has 3 nitrogen and oxygen atoms in total. The van der Waals surface area contributed by atoms with Crippen molar-refractivity contribution in [3.63, 3.8) is 0 Å². The zero-order valence-electron chi connectivity index (χ0n) is 14.7. The van der Waals surface area contributed by atoms with Gasteiger partial charge in [0.05, 0.1) is 4.90 Å². The Hall–Kier alpha value is -1.17. The molecule has 136 valence electrons. The van der Waals surface area contributed by atoms with E-state index in [0.29, 0.717) is 6.42 Å². The summed E-state index contributed by atoms with van der Waals surface area (Å²) in [6.45, 7) is 3.93. The fraction of sp³-hybridized carbons (Fsp3) is 0.400. The number of aryl methyl sites for hydroxylation is 2. The van der Waals surface area contributed by atoms with Gasteiger partial charge in [-0.3, -0.25) is 4.18 Å². The SMILES string of the molecule is Cc1ccc(S(=O)(=O)OC(CCCCCBr)c2cccc(C)c2)cc1. The predicted octanol–water partition coefficient (Wildman–Crippen LogP) is 5.71. The van der Waals surface area contributed by atoms with Gasteiger partial charge in [0.2, 0.25) is 0 Å². The van der Waals surface area contributed by atoms with Crippen molar-refractivity contribution < 1.29 is 12.6 Å². The van der Waals surface area contributed by atoms with Crippen LogP contribution >= 0.6 is 15.9 Å². The molecule has 25 heavy (non-hydrogen) atoms. The Kier molecular flexibility index (Phi) is 7.66. The third kappa shape index (κ3) is 6.24. The van der Waals surface area contributed by atoms with E-state index in [-0.39, 0.29) is 4.90 Å². The van der Waals surface area contributed by atoms with E-state index in [1.165, 1.54) is 0 Å². The summed E-state index contributed by atoms with van der Waals surface area (Å²) in [4.78, 5) is 0.205. The van der Waals surface area contributed by atoms with Crippen LogP contribution in [0.4, 0.5) is 0 Å². The van der Waals surface area contributed by atoms with Gasteiger partial charge in [-0.15, -0.1) is 0 Å². The normalized spacial score (nSPS) is 12.9. The van der Waals surface area contributed by atoms with Gasteiger partial charge in [-0.2, -0.15) is 8.42 Å². The van der Waals surface area contributed by atoms with Crippen molar-refractivity contribution in [3.8, 4) is 0 Å². The van der Waals surface area contributed by atoms with Gasteiger partial charge in [-0.25, -0.2) is 0 Å². The van der Waals surface area contributed by atoms with E-state index >= 15 is 0 Å². The van der Waals surface area contributed by atoms with E-state index in [1.54, 1.807) is 24.3 Å². The molecule has 0 saturated carbocycles. The monoisotopic (exact) mass is 424 g/mol. The minimum atomic E-state index is -3.79. The molecule has 2 rings (SSSR count). The molecule has 1 atom stereocenters. The second-order valence-corrected chi connectivity index (χ2v) is 8.67. The highest BCUT2D eigenvalue weighted by Gasteiger charge is 2.23. The summed E-state index contributed by atoms with van der Waals surface area (Å²) in [6, 6.07) is 14.7. The number of halogens is 1. The van der Waals surface area contributed by atoms with Gasteiger partial charge in [0.1, 0.15) is 6.10 Å². The van der Waals surface area contributed by atoms with Crippen LogP contribution < -0.4 is 0 Å². The fourth-order valence-electron chi connectivity index (χ4n) is 2.66. The van der Waals surface area contributed by atoms with Crippen LogP contribution in [-0.2, 0) is 14.3 Å². The summed E-state index contributed by atoms with van der Waals surface area (Å²) in [5.41, 5.74) is 3.03. The molecule has 2 aromatic rings. The third-order valence-electron chi connectivity index (χ3n) is 4.07. The van der Waals surface area contributed by atoms with E-state index < -0.39 is 16.2 Å². The van der Waals surface area contributed by atoms with E-state index in [1.807, 2.05) is 38.1 Å². The minimum absolute atomic E-state index is 0.205. The molecule has 5 heteroatoms. The molecule has 0 bridgehead atoms. The quantitative estimate of drug-likeness (QED) is 0.294. The van der Waals surface area contributed by atoms with E-state index in [2.05, 4.69) is 15.9 Å². The molecule has 1 unspecified atom stereocenters. The number of benzene rings is 2. The summed E-state index contributed by atoms with van der Waals surface area (Å²) in [6.07, 6.45) is 3.27. The number of hydrogen-bond acceptors (Lipinski definition) is 3. The van der Waals surface area contributed by atoms with Crippen LogP contribution in [0.25, 0.3) is 0 Å². The van der Waals surface area contributed by atoms with Gasteiger partial charge < -0.3 is 0 Å². The van der Waals surface area contributed by atoms with Crippen LogP contribution in [0.2, 0.25) is 0 Å². The van der Waals surface area contributed by atoms with Crippen LogP contribution in [-0.4, -0.2) is 13.7 Å². The second-order valence-electron chi connectivity index (χ2n) is 6.30. The average Bonchev–Trinajstić information content (AvgIpc) is 2.58. The van der Waals surface area contributed by atoms with Crippen molar-refractivity contribution in [1.82, 2.24) is 0 Å². The topological polar surface area (TPSA) is 43.4 Å². The lowest BCUT2D eigenvalue weighted by atomic mass is 10.0. The summed E-state index contributed by atoms with van der Waals surface area (Å²) in [5, 5.41) is 0.963. The van der Waals surface area contributed by atoms with Crippen molar-refractivity contribution in [2.24, 2.45) is 0 Å². The van der Waals surface area contributed by atoms with Crippen molar-refractivity contribution in [3.05, 3.63) is 65.2 Å². The second kappa shape index (κ2) is 9.51. The van der Waals surface area contributed by atoms with Crippen molar-refractivity contribution in [2.75, 3.05) is 5.33 Å². The van der Waals surface area contributed by atoms with Crippen LogP contribution in [0, 0.1) is 13.8 Å². The molecule has 0 aliphatic heterocycles. The number of unbranched alkanes of at least 4 members (excludes halogenated alkanes) is 2. The lowest BCUT2D eigenvalue weighted by Gasteiger charge is -2.18. The molecule has 0 saturated heterocycles. The molecule has 0 aliphatic rings. The molecular weight excluding hydrogens is 400 g/mol. The summed E-state index contributed by atoms with van der Waals surface area (Å²) < 4.78 is 31.0. The van der Waals surface area contributed by atoms with Crippen molar-refractivity contribution in [1.29, 1.82) is 0 Å². The first-order valence-electron chi connectivity index (χ1n) is 8.55. The lowest BCUT2D eigenvalue weighted by molar-refractivity contribution is 0.198. The molecule has 0 spiro atoms. The number of alkyl halides is 1. The summed E-state index contributed by atoms with van der Waals surface area (Å²) in [7, 11) is -3.79. The first kappa shape index (κ1) is 20.1. The Labute approximate surface area is 159 Å². The Morgan fingerprint density at radius 2 is 1.68 bits per heavy atom. The maximum absolute atomic E-state index is 12.7. The van der Waals surface area contributed by atoms with Gasteiger partial charge in [0, 0.05) is 5.33 Å². The fourth-order valence-corrected chi connectivity index (χ4v) is 4.15. The molecule has 0 amide bonds. The summed E-state index contributed by atoms with van der Waals surface area (Å²) >= 11 is 3.43. The van der Waals surface area contributed by atoms with Crippen LogP contribution in [0.15, 0.2) is 53.4 Å². The highest BCUT2D eigenvalue weighted by Crippen LogP contribution is 2.29. The zero-order valence-corrected chi connectivity index (χ0v) is 17.1. The van der Waals surface area contributed by atoms with Crippen molar-refractivity contribution in [2.45, 2.75) is 50.5 Å². The van der Waals surface area contributed by atoms with Crippen LogP contribution in [0.5, 0.6) is 0 Å². The predicted molar refractivity (Wildman–Crippen MR) is 106 cm³/mol. The summed E-state index contributed by atoms with van der Waals surface area (Å²) in [5.74, 6) is 0. The van der Waals surface area contributed by atoms with Gasteiger partial charge in [0.15, 0.2) is 0 Å². The molecule has 0 N–H and O–H groups in total. The van der Waals surface area contributed by atoms with Crippen LogP contribution in [0.3, 0.4) is 0 Å². The molecule has 2 aromatic carbocycles. The van der Waals surface area contributed by atoms with Crippen molar-refractivity contribution >= 4 is 26.0 Å². The zero-order chi connectivity index (χ0) is 18.3. The van der Waals surface area contributed by atoms with Crippen LogP contribution in [0.1, 0.15) is 48.5 Å². The number of hydrogen-bond donors (Lipinski definition) is 0. The maximum atomic E-state index is 12.7. The minimum Gasteiger partial charge on any atom is -0.258 e. The highest BCUT2D eigenvalue weighted by molar-refractivity contribution is 9.09. The highest BCUT2D eigenvalue weighted by atomic mass is 79.9. The van der Waals surface area contributed by atoms with E-state index in [9.17, 15) is 8.42 Å². The van der Waals surface area contributed by atoms with Gasteiger partial charge in [-0.05, 0) is 44.4 Å². The Bertz CT molecular complexity index is 770. The average molecular weight is 425 g/mol.